The number of alkyl halides is 1. The van der Waals surface area contributed by atoms with Crippen LogP contribution in [0, 0.1) is 6.92 Å². The monoisotopic (exact) mass is 285 g/mol. The molecule has 0 spiro atoms. The van der Waals surface area contributed by atoms with Gasteiger partial charge in [-0.3, -0.25) is 4.90 Å². The van der Waals surface area contributed by atoms with Crippen LogP contribution in [0.2, 0.25) is 0 Å². The van der Waals surface area contributed by atoms with E-state index in [1.807, 2.05) is 6.07 Å². The zero-order valence-electron chi connectivity index (χ0n) is 10.5. The van der Waals surface area contributed by atoms with E-state index in [0.717, 1.165) is 17.6 Å². The van der Waals surface area contributed by atoms with Crippen LogP contribution in [0.4, 0.5) is 0 Å². The van der Waals surface area contributed by atoms with Gasteiger partial charge in [-0.05, 0) is 27.0 Å². The predicted molar refractivity (Wildman–Crippen MR) is 72.5 cm³/mol. The van der Waals surface area contributed by atoms with Crippen molar-refractivity contribution in [1.29, 1.82) is 0 Å². The number of rotatable bonds is 5. The first-order valence-electron chi connectivity index (χ1n) is 5.48. The molecule has 0 heterocycles. The third-order valence-electron chi connectivity index (χ3n) is 2.83. The Bertz CT molecular complexity index is 341. The highest BCUT2D eigenvalue weighted by molar-refractivity contribution is 9.09. The van der Waals surface area contributed by atoms with Gasteiger partial charge in [0.25, 0.3) is 0 Å². The van der Waals surface area contributed by atoms with Gasteiger partial charge >= 0.3 is 0 Å². The zero-order chi connectivity index (χ0) is 12.1. The number of aryl methyl sites for hydroxylation is 1. The number of benzene rings is 1. The average molecular weight is 286 g/mol. The zero-order valence-corrected chi connectivity index (χ0v) is 12.0. The van der Waals surface area contributed by atoms with Crippen molar-refractivity contribution in [3.05, 3.63) is 29.3 Å². The van der Waals surface area contributed by atoms with Crippen LogP contribution < -0.4 is 4.74 Å². The molecule has 16 heavy (non-hydrogen) atoms. The Hall–Kier alpha value is -0.540. The molecule has 1 aromatic carbocycles. The Kier molecular flexibility index (Phi) is 5.29. The maximum atomic E-state index is 5.38. The van der Waals surface area contributed by atoms with E-state index in [9.17, 15) is 0 Å². The van der Waals surface area contributed by atoms with Gasteiger partial charge in [-0.25, -0.2) is 0 Å². The minimum Gasteiger partial charge on any atom is -0.496 e. The summed E-state index contributed by atoms with van der Waals surface area (Å²) in [6.45, 7) is 5.23. The molecule has 0 saturated heterocycles. The Balaban J connectivity index is 2.82. The molecule has 0 aliphatic carbocycles. The van der Waals surface area contributed by atoms with Gasteiger partial charge in [0.2, 0.25) is 0 Å². The summed E-state index contributed by atoms with van der Waals surface area (Å²) in [6.07, 6.45) is 0. The number of nitrogens with zero attached hydrogens (tertiary/aromatic N) is 1. The highest BCUT2D eigenvalue weighted by atomic mass is 79.9. The van der Waals surface area contributed by atoms with Crippen molar-refractivity contribution >= 4 is 15.9 Å². The van der Waals surface area contributed by atoms with Gasteiger partial charge in [-0.1, -0.05) is 33.6 Å². The SMILES string of the molecule is COc1ccc(C)cc1CN(C)C(C)CBr. The summed E-state index contributed by atoms with van der Waals surface area (Å²) in [4.78, 5) is 2.31. The smallest absolute Gasteiger partial charge is 0.123 e. The molecule has 1 aromatic rings. The summed E-state index contributed by atoms with van der Waals surface area (Å²) in [5.41, 5.74) is 2.52. The first-order chi connectivity index (χ1) is 7.58. The number of ether oxygens (including phenoxy) is 1. The normalized spacial score (nSPS) is 12.9. The second-order valence-electron chi connectivity index (χ2n) is 4.23. The van der Waals surface area contributed by atoms with Gasteiger partial charge in [0.1, 0.15) is 5.75 Å². The number of methoxy groups -OCH3 is 1. The molecule has 0 amide bonds. The molecule has 3 heteroatoms. The van der Waals surface area contributed by atoms with Gasteiger partial charge in [0.15, 0.2) is 0 Å². The lowest BCUT2D eigenvalue weighted by molar-refractivity contribution is 0.266. The fourth-order valence-electron chi connectivity index (χ4n) is 1.57. The Labute approximate surface area is 107 Å². The van der Waals surface area contributed by atoms with E-state index in [4.69, 9.17) is 4.74 Å². The van der Waals surface area contributed by atoms with Crippen molar-refractivity contribution in [2.24, 2.45) is 0 Å². The molecule has 0 bridgehead atoms. The molecule has 0 N–H and O–H groups in total. The van der Waals surface area contributed by atoms with Crippen molar-refractivity contribution in [2.45, 2.75) is 26.4 Å². The fourth-order valence-corrected chi connectivity index (χ4v) is 2.07. The van der Waals surface area contributed by atoms with Crippen LogP contribution >= 0.6 is 15.9 Å². The third kappa shape index (κ3) is 3.49. The van der Waals surface area contributed by atoms with E-state index in [2.05, 4.69) is 53.9 Å². The molecular weight excluding hydrogens is 266 g/mol. The molecule has 0 aliphatic heterocycles. The summed E-state index contributed by atoms with van der Waals surface area (Å²) in [5, 5.41) is 0.984. The van der Waals surface area contributed by atoms with Crippen molar-refractivity contribution in [3.63, 3.8) is 0 Å². The molecule has 1 unspecified atom stereocenters. The van der Waals surface area contributed by atoms with Crippen LogP contribution in [-0.2, 0) is 6.54 Å². The average Bonchev–Trinajstić information content (AvgIpc) is 2.28. The lowest BCUT2D eigenvalue weighted by Gasteiger charge is -2.24. The molecule has 1 rings (SSSR count). The van der Waals surface area contributed by atoms with Crippen LogP contribution in [0.3, 0.4) is 0 Å². The van der Waals surface area contributed by atoms with E-state index in [1.54, 1.807) is 7.11 Å². The Morgan fingerprint density at radius 1 is 1.44 bits per heavy atom. The minimum atomic E-state index is 0.519. The van der Waals surface area contributed by atoms with Crippen LogP contribution in [0.5, 0.6) is 5.75 Å². The van der Waals surface area contributed by atoms with Gasteiger partial charge in [-0.2, -0.15) is 0 Å². The minimum absolute atomic E-state index is 0.519. The molecule has 0 saturated carbocycles. The Morgan fingerprint density at radius 2 is 2.12 bits per heavy atom. The van der Waals surface area contributed by atoms with Crippen LogP contribution in [-0.4, -0.2) is 30.4 Å². The Morgan fingerprint density at radius 3 is 2.69 bits per heavy atom. The van der Waals surface area contributed by atoms with Crippen molar-refractivity contribution in [1.82, 2.24) is 4.90 Å². The standard InChI is InChI=1S/C13H20BrNO/c1-10-5-6-13(16-4)12(7-10)9-15(3)11(2)8-14/h5-7,11H,8-9H2,1-4H3. The second-order valence-corrected chi connectivity index (χ2v) is 4.88. The van der Waals surface area contributed by atoms with E-state index >= 15 is 0 Å². The number of hydrogen-bond acceptors (Lipinski definition) is 2. The highest BCUT2D eigenvalue weighted by Crippen LogP contribution is 2.21. The maximum Gasteiger partial charge on any atom is 0.123 e. The first-order valence-corrected chi connectivity index (χ1v) is 6.60. The summed E-state index contributed by atoms with van der Waals surface area (Å²) in [6, 6.07) is 6.83. The molecule has 0 radical (unpaired) electrons. The van der Waals surface area contributed by atoms with Gasteiger partial charge in [-0.15, -0.1) is 0 Å². The van der Waals surface area contributed by atoms with E-state index in [-0.39, 0.29) is 0 Å². The van der Waals surface area contributed by atoms with Gasteiger partial charge < -0.3 is 4.74 Å². The van der Waals surface area contributed by atoms with E-state index in [1.165, 1.54) is 11.1 Å². The van der Waals surface area contributed by atoms with Gasteiger partial charge in [0, 0.05) is 23.5 Å². The van der Waals surface area contributed by atoms with E-state index < -0.39 is 0 Å². The maximum absolute atomic E-state index is 5.38. The molecule has 90 valence electrons. The molecule has 2 nitrogen and oxygen atoms in total. The molecule has 0 aromatic heterocycles. The number of halogens is 1. The predicted octanol–water partition coefficient (Wildman–Crippen LogP) is 3.22. The third-order valence-corrected chi connectivity index (χ3v) is 3.77. The van der Waals surface area contributed by atoms with Crippen molar-refractivity contribution < 1.29 is 4.74 Å². The van der Waals surface area contributed by atoms with E-state index in [0.29, 0.717) is 6.04 Å². The fraction of sp³-hybridized carbons (Fsp3) is 0.538. The highest BCUT2D eigenvalue weighted by Gasteiger charge is 2.11. The molecule has 0 fully saturated rings. The summed E-state index contributed by atoms with van der Waals surface area (Å²) >= 11 is 3.51. The second kappa shape index (κ2) is 6.26. The first kappa shape index (κ1) is 13.5. The van der Waals surface area contributed by atoms with Crippen LogP contribution in [0.1, 0.15) is 18.1 Å². The number of hydrogen-bond donors (Lipinski definition) is 0. The lowest BCUT2D eigenvalue weighted by atomic mass is 10.1. The van der Waals surface area contributed by atoms with Crippen molar-refractivity contribution in [3.8, 4) is 5.75 Å². The molecular formula is C13H20BrNO. The van der Waals surface area contributed by atoms with Crippen molar-refractivity contribution in [2.75, 3.05) is 19.5 Å². The molecule has 0 aliphatic rings. The van der Waals surface area contributed by atoms with Crippen LogP contribution in [0.25, 0.3) is 0 Å². The summed E-state index contributed by atoms with van der Waals surface area (Å²) in [5.74, 6) is 0.972. The summed E-state index contributed by atoms with van der Waals surface area (Å²) < 4.78 is 5.38. The quantitative estimate of drug-likeness (QED) is 0.771. The summed E-state index contributed by atoms with van der Waals surface area (Å²) in [7, 11) is 3.86. The lowest BCUT2D eigenvalue weighted by Crippen LogP contribution is -2.29. The topological polar surface area (TPSA) is 12.5 Å². The largest absolute Gasteiger partial charge is 0.496 e. The van der Waals surface area contributed by atoms with Gasteiger partial charge in [0.05, 0.1) is 7.11 Å². The molecule has 1 atom stereocenters. The van der Waals surface area contributed by atoms with Crippen LogP contribution in [0.15, 0.2) is 18.2 Å².